The number of hydrogen-bond donors (Lipinski definition) is 1. The van der Waals surface area contributed by atoms with Crippen molar-refractivity contribution in [2.45, 2.75) is 31.1 Å². The Morgan fingerprint density at radius 3 is 2.73 bits per heavy atom. The molecule has 4 aromatic rings. The van der Waals surface area contributed by atoms with Gasteiger partial charge in [0.25, 0.3) is 0 Å². The van der Waals surface area contributed by atoms with E-state index in [-0.39, 0.29) is 36.0 Å². The molecule has 2 aliphatic heterocycles. The summed E-state index contributed by atoms with van der Waals surface area (Å²) in [4.78, 5) is 29.4. The molecule has 2 aliphatic rings. The lowest BCUT2D eigenvalue weighted by Gasteiger charge is -2.24. The van der Waals surface area contributed by atoms with Crippen LogP contribution in [-0.4, -0.2) is 53.1 Å². The second kappa shape index (κ2) is 11.6. The number of benzene rings is 2. The van der Waals surface area contributed by atoms with Crippen LogP contribution in [0.2, 0.25) is 0 Å². The summed E-state index contributed by atoms with van der Waals surface area (Å²) in [6.45, 7) is 2.90. The summed E-state index contributed by atoms with van der Waals surface area (Å²) < 4.78 is 22.7. The maximum absolute atomic E-state index is 15.3. The van der Waals surface area contributed by atoms with Crippen LogP contribution >= 0.6 is 23.1 Å². The molecule has 1 N–H and O–H groups in total. The van der Waals surface area contributed by atoms with Crippen molar-refractivity contribution in [1.82, 2.24) is 15.1 Å². The zero-order chi connectivity index (χ0) is 27.6. The van der Waals surface area contributed by atoms with E-state index in [1.54, 1.807) is 22.9 Å². The molecule has 1 saturated heterocycles. The van der Waals surface area contributed by atoms with Crippen LogP contribution in [0.15, 0.2) is 66.0 Å². The number of aromatic nitrogens is 2. The number of thioether (sulfide) groups is 1. The molecule has 1 fully saturated rings. The Hall–Kier alpha value is -3.47. The molecule has 0 unspecified atom stereocenters. The van der Waals surface area contributed by atoms with E-state index in [0.29, 0.717) is 30.2 Å². The molecule has 4 heterocycles. The molecule has 0 spiro atoms. The number of anilines is 1. The van der Waals surface area contributed by atoms with E-state index in [2.05, 4.69) is 5.32 Å². The van der Waals surface area contributed by atoms with Gasteiger partial charge >= 0.3 is 0 Å². The zero-order valence-electron chi connectivity index (χ0n) is 22.0. The summed E-state index contributed by atoms with van der Waals surface area (Å²) in [5.74, 6) is -0.274. The molecule has 2 atom stereocenters. The first-order valence-electron chi connectivity index (χ1n) is 13.3. The third kappa shape index (κ3) is 5.18. The van der Waals surface area contributed by atoms with Gasteiger partial charge in [0.2, 0.25) is 11.8 Å². The molecule has 10 heteroatoms. The van der Waals surface area contributed by atoms with Crippen molar-refractivity contribution in [2.75, 3.05) is 30.3 Å². The van der Waals surface area contributed by atoms with E-state index >= 15 is 4.39 Å². The number of halogens is 1. The number of nitrogens with one attached hydrogen (secondary N) is 1. The average Bonchev–Trinajstić information content (AvgIpc) is 3.72. The third-order valence-electron chi connectivity index (χ3n) is 7.23. The first-order valence-corrected chi connectivity index (χ1v) is 15.2. The van der Waals surface area contributed by atoms with Gasteiger partial charge in [-0.15, -0.1) is 23.1 Å². The molecule has 6 rings (SSSR count). The van der Waals surface area contributed by atoms with Crippen molar-refractivity contribution in [2.24, 2.45) is 0 Å². The maximum atomic E-state index is 15.3. The summed E-state index contributed by atoms with van der Waals surface area (Å²) in [5, 5.41) is 9.47. The fourth-order valence-electron chi connectivity index (χ4n) is 5.25. The molecule has 0 saturated carbocycles. The lowest BCUT2D eigenvalue weighted by Crippen LogP contribution is -2.44. The second-order valence-corrected chi connectivity index (χ2v) is 11.9. The van der Waals surface area contributed by atoms with Crippen LogP contribution in [0.4, 0.5) is 10.2 Å². The monoisotopic (exact) mass is 576 g/mol. The summed E-state index contributed by atoms with van der Waals surface area (Å²) in [6.07, 6.45) is 1.87. The zero-order valence-corrected chi connectivity index (χ0v) is 23.6. The van der Waals surface area contributed by atoms with Gasteiger partial charge in [0.05, 0.1) is 27.7 Å². The van der Waals surface area contributed by atoms with E-state index < -0.39 is 5.25 Å². The minimum Gasteiger partial charge on any atom is -0.376 e. The van der Waals surface area contributed by atoms with Gasteiger partial charge in [0, 0.05) is 24.3 Å². The minimum absolute atomic E-state index is 0.0109. The van der Waals surface area contributed by atoms with Crippen molar-refractivity contribution in [3.63, 3.8) is 0 Å². The van der Waals surface area contributed by atoms with Crippen molar-refractivity contribution < 1.29 is 18.7 Å². The number of carbonyl (C=O) groups is 2. The van der Waals surface area contributed by atoms with E-state index in [1.165, 1.54) is 34.1 Å². The van der Waals surface area contributed by atoms with Crippen molar-refractivity contribution in [3.8, 4) is 16.3 Å². The number of carbonyl (C=O) groups excluding carboxylic acids is 2. The maximum Gasteiger partial charge on any atom is 0.240 e. The Balaban J connectivity index is 1.52. The summed E-state index contributed by atoms with van der Waals surface area (Å²) in [5.41, 5.74) is 3.62. The number of thiophene rings is 1. The van der Waals surface area contributed by atoms with Crippen LogP contribution in [-0.2, 0) is 14.3 Å². The second-order valence-electron chi connectivity index (χ2n) is 9.89. The number of para-hydroxylation sites is 1. The number of rotatable bonds is 7. The van der Waals surface area contributed by atoms with Crippen LogP contribution in [0.3, 0.4) is 0 Å². The van der Waals surface area contributed by atoms with Crippen molar-refractivity contribution in [3.05, 3.63) is 88.6 Å². The van der Waals surface area contributed by atoms with Gasteiger partial charge in [-0.25, -0.2) is 9.07 Å². The standard InChI is InChI=1S/C30H29FN4O3S2/c1-19-8-2-5-12-23(19)35-30-27(28(33-35)24-13-7-15-39-24)29(21-10-3-4-11-22(21)31)40-18-26(37)34(30)17-25(36)32-16-20-9-6-14-38-20/h2-5,7-8,10-13,15,20,29H,6,9,14,16-18H2,1H3,(H,32,36)/t20-,29-/m1/s1. The molecule has 7 nitrogen and oxygen atoms in total. The molecular formula is C30H29FN4O3S2. The fraction of sp³-hybridized carbons (Fsp3) is 0.300. The molecule has 0 aliphatic carbocycles. The van der Waals surface area contributed by atoms with Gasteiger partial charge in [-0.1, -0.05) is 42.5 Å². The van der Waals surface area contributed by atoms with E-state index in [0.717, 1.165) is 34.5 Å². The normalized spacial score (nSPS) is 18.9. The van der Waals surface area contributed by atoms with Crippen molar-refractivity contribution in [1.29, 1.82) is 0 Å². The lowest BCUT2D eigenvalue weighted by molar-refractivity contribution is -0.123. The summed E-state index contributed by atoms with van der Waals surface area (Å²) in [7, 11) is 0. The van der Waals surface area contributed by atoms with E-state index in [9.17, 15) is 9.59 Å². The number of aryl methyl sites for hydroxylation is 1. The SMILES string of the molecule is Cc1ccccc1-n1nc(-c2cccs2)c2c1N(CC(=O)NC[C@H]1CCCO1)C(=O)CS[C@@H]2c1ccccc1F. The Bertz CT molecular complexity index is 1530. The van der Waals surface area contributed by atoms with Crippen LogP contribution in [0.25, 0.3) is 16.3 Å². The van der Waals surface area contributed by atoms with Gasteiger partial charge in [-0.2, -0.15) is 5.10 Å². The van der Waals surface area contributed by atoms with Gasteiger partial charge in [0.15, 0.2) is 0 Å². The molecular weight excluding hydrogens is 547 g/mol. The Morgan fingerprint density at radius 1 is 1.15 bits per heavy atom. The van der Waals surface area contributed by atoms with Gasteiger partial charge in [-0.05, 0) is 48.9 Å². The number of nitrogens with zero attached hydrogens (tertiary/aromatic N) is 3. The highest BCUT2D eigenvalue weighted by atomic mass is 32.2. The van der Waals surface area contributed by atoms with Gasteiger partial charge < -0.3 is 10.1 Å². The molecule has 2 aromatic carbocycles. The predicted octanol–water partition coefficient (Wildman–Crippen LogP) is 5.51. The average molecular weight is 577 g/mol. The number of hydrogen-bond acceptors (Lipinski definition) is 6. The van der Waals surface area contributed by atoms with E-state index in [1.807, 2.05) is 48.7 Å². The van der Waals surface area contributed by atoms with Gasteiger partial charge in [-0.3, -0.25) is 14.5 Å². The van der Waals surface area contributed by atoms with Crippen LogP contribution in [0.5, 0.6) is 0 Å². The minimum atomic E-state index is -0.505. The lowest BCUT2D eigenvalue weighted by atomic mass is 10.0. The van der Waals surface area contributed by atoms with Crippen LogP contribution in [0, 0.1) is 12.7 Å². The smallest absolute Gasteiger partial charge is 0.240 e. The van der Waals surface area contributed by atoms with E-state index in [4.69, 9.17) is 9.84 Å². The predicted molar refractivity (Wildman–Crippen MR) is 157 cm³/mol. The molecule has 206 valence electrons. The van der Waals surface area contributed by atoms with Crippen molar-refractivity contribution >= 4 is 40.7 Å². The first kappa shape index (κ1) is 26.7. The highest BCUT2D eigenvalue weighted by Crippen LogP contribution is 2.49. The number of ether oxygens (including phenoxy) is 1. The quantitative estimate of drug-likeness (QED) is 0.314. The number of amides is 2. The molecule has 0 radical (unpaired) electrons. The van der Waals surface area contributed by atoms with Crippen LogP contribution < -0.4 is 10.2 Å². The topological polar surface area (TPSA) is 76.5 Å². The Morgan fingerprint density at radius 2 is 1.98 bits per heavy atom. The van der Waals surface area contributed by atoms with Crippen LogP contribution in [0.1, 0.15) is 34.8 Å². The summed E-state index contributed by atoms with van der Waals surface area (Å²) in [6, 6.07) is 18.4. The fourth-order valence-corrected chi connectivity index (χ4v) is 7.19. The third-order valence-corrected chi connectivity index (χ3v) is 9.34. The Kier molecular flexibility index (Phi) is 7.73. The first-order chi connectivity index (χ1) is 19.5. The summed E-state index contributed by atoms with van der Waals surface area (Å²) >= 11 is 2.89. The highest BCUT2D eigenvalue weighted by molar-refractivity contribution is 8.00. The molecule has 0 bridgehead atoms. The molecule has 40 heavy (non-hydrogen) atoms. The Labute approximate surface area is 240 Å². The molecule has 2 aromatic heterocycles. The molecule has 2 amide bonds. The highest BCUT2D eigenvalue weighted by Gasteiger charge is 2.39. The largest absolute Gasteiger partial charge is 0.376 e. The van der Waals surface area contributed by atoms with Gasteiger partial charge in [0.1, 0.15) is 23.9 Å². The number of fused-ring (bicyclic) bond motifs is 1.